The van der Waals surface area contributed by atoms with Crippen molar-refractivity contribution in [1.82, 2.24) is 4.57 Å². The van der Waals surface area contributed by atoms with Crippen LogP contribution in [0.4, 0.5) is 0 Å². The number of hydrogen-bond donors (Lipinski definition) is 0. The largest absolute Gasteiger partial charge is 0.497 e. The number of fused-ring (bicyclic) bond motifs is 1. The molecule has 27 heavy (non-hydrogen) atoms. The molecule has 0 radical (unpaired) electrons. The number of carbonyl (C=O) groups excluding carboxylic acids is 1. The molecule has 1 amide bonds. The molecule has 0 fully saturated rings. The Morgan fingerprint density at radius 1 is 1.26 bits per heavy atom. The minimum atomic E-state index is -0.197. The fraction of sp³-hybridized carbons (Fsp3) is 0.238. The van der Waals surface area contributed by atoms with Crippen LogP contribution in [-0.2, 0) is 17.8 Å². The van der Waals surface area contributed by atoms with Gasteiger partial charge in [-0.15, -0.1) is 6.58 Å². The molecule has 6 heteroatoms. The molecule has 0 unspecified atom stereocenters. The molecule has 0 saturated heterocycles. The molecule has 0 spiro atoms. The summed E-state index contributed by atoms with van der Waals surface area (Å²) in [6.07, 6.45) is 2.03. The van der Waals surface area contributed by atoms with Crippen LogP contribution in [0.5, 0.6) is 11.5 Å². The van der Waals surface area contributed by atoms with E-state index in [1.807, 2.05) is 54.0 Å². The van der Waals surface area contributed by atoms with Gasteiger partial charge in [-0.3, -0.25) is 4.79 Å². The van der Waals surface area contributed by atoms with Crippen molar-refractivity contribution in [3.05, 3.63) is 65.5 Å². The first-order valence-electron chi connectivity index (χ1n) is 8.72. The van der Waals surface area contributed by atoms with Crippen molar-refractivity contribution in [2.24, 2.45) is 4.99 Å². The van der Waals surface area contributed by atoms with Gasteiger partial charge in [0.15, 0.2) is 4.80 Å². The molecule has 0 aliphatic rings. The van der Waals surface area contributed by atoms with Crippen molar-refractivity contribution in [2.75, 3.05) is 13.7 Å². The minimum absolute atomic E-state index is 0.197. The van der Waals surface area contributed by atoms with Crippen molar-refractivity contribution in [3.8, 4) is 11.5 Å². The van der Waals surface area contributed by atoms with E-state index in [0.717, 1.165) is 27.3 Å². The SMILES string of the molecule is C=CCn1c(=NC(=O)Cc2cccc(OC)c2)sc2cc(OCC)ccc21. The maximum atomic E-state index is 12.5. The van der Waals surface area contributed by atoms with Crippen LogP contribution in [0.2, 0.25) is 0 Å². The Labute approximate surface area is 162 Å². The number of hydrogen-bond acceptors (Lipinski definition) is 4. The van der Waals surface area contributed by atoms with Crippen LogP contribution in [0.1, 0.15) is 12.5 Å². The first kappa shape index (κ1) is 18.9. The molecule has 0 atom stereocenters. The van der Waals surface area contributed by atoms with E-state index >= 15 is 0 Å². The molecule has 2 aromatic carbocycles. The molecule has 1 heterocycles. The van der Waals surface area contributed by atoms with Crippen molar-refractivity contribution in [1.29, 1.82) is 0 Å². The second kappa shape index (κ2) is 8.68. The maximum absolute atomic E-state index is 12.5. The van der Waals surface area contributed by atoms with Gasteiger partial charge in [0.05, 0.1) is 30.4 Å². The van der Waals surface area contributed by atoms with E-state index in [0.29, 0.717) is 18.0 Å². The lowest BCUT2D eigenvalue weighted by atomic mass is 10.1. The molecule has 0 saturated carbocycles. The summed E-state index contributed by atoms with van der Waals surface area (Å²) in [5.74, 6) is 1.34. The Bertz CT molecular complexity index is 1030. The van der Waals surface area contributed by atoms with Crippen molar-refractivity contribution >= 4 is 27.5 Å². The molecule has 140 valence electrons. The summed E-state index contributed by atoms with van der Waals surface area (Å²) in [5, 5.41) is 0. The third-order valence-electron chi connectivity index (χ3n) is 3.99. The highest BCUT2D eigenvalue weighted by Gasteiger charge is 2.09. The molecule has 0 aliphatic heterocycles. The zero-order valence-electron chi connectivity index (χ0n) is 15.5. The fourth-order valence-corrected chi connectivity index (χ4v) is 3.89. The van der Waals surface area contributed by atoms with Gasteiger partial charge in [0.25, 0.3) is 5.91 Å². The first-order valence-corrected chi connectivity index (χ1v) is 9.53. The maximum Gasteiger partial charge on any atom is 0.252 e. The van der Waals surface area contributed by atoms with E-state index < -0.39 is 0 Å². The lowest BCUT2D eigenvalue weighted by molar-refractivity contribution is -0.117. The van der Waals surface area contributed by atoms with Gasteiger partial charge < -0.3 is 14.0 Å². The van der Waals surface area contributed by atoms with Gasteiger partial charge in [-0.2, -0.15) is 4.99 Å². The van der Waals surface area contributed by atoms with Crippen LogP contribution in [0.25, 0.3) is 10.2 Å². The van der Waals surface area contributed by atoms with E-state index in [1.54, 1.807) is 13.2 Å². The Kier molecular flexibility index (Phi) is 6.08. The van der Waals surface area contributed by atoms with Crippen LogP contribution in [-0.4, -0.2) is 24.2 Å². The van der Waals surface area contributed by atoms with Gasteiger partial charge >= 0.3 is 0 Å². The average molecular weight is 382 g/mol. The quantitative estimate of drug-likeness (QED) is 0.581. The molecule has 0 aliphatic carbocycles. The zero-order chi connectivity index (χ0) is 19.2. The third kappa shape index (κ3) is 4.46. The predicted octanol–water partition coefficient (Wildman–Crippen LogP) is 3.97. The van der Waals surface area contributed by atoms with E-state index in [2.05, 4.69) is 11.6 Å². The Balaban J connectivity index is 1.96. The summed E-state index contributed by atoms with van der Waals surface area (Å²) in [5.41, 5.74) is 1.88. The number of benzene rings is 2. The normalized spacial score (nSPS) is 11.6. The van der Waals surface area contributed by atoms with Gasteiger partial charge in [-0.25, -0.2) is 0 Å². The predicted molar refractivity (Wildman–Crippen MR) is 108 cm³/mol. The van der Waals surface area contributed by atoms with Crippen LogP contribution in [0.3, 0.4) is 0 Å². The Morgan fingerprint density at radius 3 is 2.85 bits per heavy atom. The highest BCUT2D eigenvalue weighted by Crippen LogP contribution is 2.23. The van der Waals surface area contributed by atoms with E-state index in [4.69, 9.17) is 9.47 Å². The topological polar surface area (TPSA) is 52.8 Å². The standard InChI is InChI=1S/C21H22N2O3S/c1-4-11-23-18-10-9-17(26-5-2)14-19(18)27-21(23)22-20(24)13-15-7-6-8-16(12-15)25-3/h4,6-10,12,14H,1,5,11,13H2,2-3H3. The summed E-state index contributed by atoms with van der Waals surface area (Å²) in [6, 6.07) is 13.4. The number of nitrogens with zero attached hydrogens (tertiary/aromatic N) is 2. The van der Waals surface area contributed by atoms with Crippen molar-refractivity contribution in [2.45, 2.75) is 19.9 Å². The zero-order valence-corrected chi connectivity index (χ0v) is 16.3. The van der Waals surface area contributed by atoms with E-state index in [1.165, 1.54) is 11.3 Å². The summed E-state index contributed by atoms with van der Waals surface area (Å²) < 4.78 is 13.8. The molecular formula is C21H22N2O3S. The van der Waals surface area contributed by atoms with Crippen LogP contribution < -0.4 is 14.3 Å². The second-order valence-electron chi connectivity index (χ2n) is 5.88. The number of carbonyl (C=O) groups is 1. The van der Waals surface area contributed by atoms with Crippen LogP contribution in [0, 0.1) is 0 Å². The van der Waals surface area contributed by atoms with Gasteiger partial charge in [-0.1, -0.05) is 29.5 Å². The number of thiazole rings is 1. The lowest BCUT2D eigenvalue weighted by Gasteiger charge is -2.04. The number of methoxy groups -OCH3 is 1. The fourth-order valence-electron chi connectivity index (χ4n) is 2.80. The van der Waals surface area contributed by atoms with Crippen LogP contribution in [0.15, 0.2) is 60.1 Å². The number of allylic oxidation sites excluding steroid dienone is 1. The summed E-state index contributed by atoms with van der Waals surface area (Å²) in [4.78, 5) is 17.5. The van der Waals surface area contributed by atoms with Gasteiger partial charge in [-0.05, 0) is 42.8 Å². The lowest BCUT2D eigenvalue weighted by Crippen LogP contribution is -2.16. The number of ether oxygens (including phenoxy) is 2. The number of rotatable bonds is 7. The van der Waals surface area contributed by atoms with E-state index in [9.17, 15) is 4.79 Å². The average Bonchev–Trinajstić information content (AvgIpc) is 2.99. The van der Waals surface area contributed by atoms with E-state index in [-0.39, 0.29) is 12.3 Å². The highest BCUT2D eigenvalue weighted by molar-refractivity contribution is 7.16. The van der Waals surface area contributed by atoms with Crippen molar-refractivity contribution < 1.29 is 14.3 Å². The number of aromatic nitrogens is 1. The van der Waals surface area contributed by atoms with Gasteiger partial charge in [0, 0.05) is 6.54 Å². The number of amides is 1. The first-order chi connectivity index (χ1) is 13.1. The monoisotopic (exact) mass is 382 g/mol. The smallest absolute Gasteiger partial charge is 0.252 e. The molecular weight excluding hydrogens is 360 g/mol. The molecule has 3 aromatic rings. The highest BCUT2D eigenvalue weighted by atomic mass is 32.1. The summed E-state index contributed by atoms with van der Waals surface area (Å²) in [6.45, 7) is 6.96. The van der Waals surface area contributed by atoms with Crippen LogP contribution >= 0.6 is 11.3 Å². The van der Waals surface area contributed by atoms with Crippen molar-refractivity contribution in [3.63, 3.8) is 0 Å². The van der Waals surface area contributed by atoms with Gasteiger partial charge in [0.1, 0.15) is 11.5 Å². The minimum Gasteiger partial charge on any atom is -0.497 e. The Morgan fingerprint density at radius 2 is 2.11 bits per heavy atom. The second-order valence-corrected chi connectivity index (χ2v) is 6.89. The molecule has 0 bridgehead atoms. The van der Waals surface area contributed by atoms with Gasteiger partial charge in [0.2, 0.25) is 0 Å². The summed E-state index contributed by atoms with van der Waals surface area (Å²) in [7, 11) is 1.61. The summed E-state index contributed by atoms with van der Waals surface area (Å²) >= 11 is 1.47. The molecule has 0 N–H and O–H groups in total. The Hall–Kier alpha value is -2.86. The molecule has 1 aromatic heterocycles. The molecule has 5 nitrogen and oxygen atoms in total. The molecule has 3 rings (SSSR count). The third-order valence-corrected chi connectivity index (χ3v) is 5.03.